The van der Waals surface area contributed by atoms with E-state index in [1.54, 1.807) is 12.1 Å². The Morgan fingerprint density at radius 1 is 1.23 bits per heavy atom. The average Bonchev–Trinajstić information content (AvgIpc) is 2.96. The summed E-state index contributed by atoms with van der Waals surface area (Å²) in [5.41, 5.74) is 2.48. The first-order valence-electron chi connectivity index (χ1n) is 7.70. The van der Waals surface area contributed by atoms with Gasteiger partial charge in [0.15, 0.2) is 17.3 Å². The van der Waals surface area contributed by atoms with Crippen LogP contribution >= 0.6 is 0 Å². The van der Waals surface area contributed by atoms with Crippen LogP contribution in [0.3, 0.4) is 0 Å². The molecule has 0 radical (unpaired) electrons. The number of fused-ring (bicyclic) bond motifs is 1. The molecule has 0 saturated carbocycles. The number of allylic oxidation sites excluding steroid dienone is 1. The number of methoxy groups -OCH3 is 1. The fourth-order valence-electron chi connectivity index (χ4n) is 2.67. The van der Waals surface area contributed by atoms with Crippen LogP contribution in [0.15, 0.2) is 42.5 Å². The summed E-state index contributed by atoms with van der Waals surface area (Å²) in [6, 6.07) is 14.2. The van der Waals surface area contributed by atoms with Crippen molar-refractivity contribution in [2.45, 2.75) is 6.61 Å². The standard InChI is InChI=1S/C19H15F2N3O2/c1-24-15-6-4-3-5-14(15)23-18(24)13(11-22)9-12-7-8-16(25-2)17(10-12)26-19(20)21/h3-10,19H,1-2H3. The zero-order valence-corrected chi connectivity index (χ0v) is 14.1. The fourth-order valence-corrected chi connectivity index (χ4v) is 2.67. The third-order valence-electron chi connectivity index (χ3n) is 3.86. The number of hydrogen-bond acceptors (Lipinski definition) is 4. The summed E-state index contributed by atoms with van der Waals surface area (Å²) < 4.78 is 36.5. The summed E-state index contributed by atoms with van der Waals surface area (Å²) >= 11 is 0. The van der Waals surface area contributed by atoms with Crippen LogP contribution in [0.1, 0.15) is 11.4 Å². The molecule has 2 aromatic carbocycles. The molecule has 1 aromatic heterocycles. The van der Waals surface area contributed by atoms with Crippen LogP contribution in [0.2, 0.25) is 0 Å². The van der Waals surface area contributed by atoms with Crippen molar-refractivity contribution in [1.29, 1.82) is 5.26 Å². The number of ether oxygens (including phenoxy) is 2. The first-order chi connectivity index (χ1) is 12.5. The molecule has 0 aliphatic carbocycles. The topological polar surface area (TPSA) is 60.1 Å². The van der Waals surface area contributed by atoms with Crippen molar-refractivity contribution in [3.05, 3.63) is 53.9 Å². The first kappa shape index (κ1) is 17.4. The van der Waals surface area contributed by atoms with E-state index in [0.717, 1.165) is 11.0 Å². The van der Waals surface area contributed by atoms with Crippen LogP contribution in [0, 0.1) is 11.3 Å². The molecule has 132 valence electrons. The molecule has 26 heavy (non-hydrogen) atoms. The highest BCUT2D eigenvalue weighted by Crippen LogP contribution is 2.31. The number of aromatic nitrogens is 2. The van der Waals surface area contributed by atoms with E-state index in [2.05, 4.69) is 15.8 Å². The van der Waals surface area contributed by atoms with Gasteiger partial charge in [-0.25, -0.2) is 4.98 Å². The Hall–Kier alpha value is -3.40. The third-order valence-corrected chi connectivity index (χ3v) is 3.86. The molecule has 0 aliphatic heterocycles. The van der Waals surface area contributed by atoms with Gasteiger partial charge in [0.1, 0.15) is 6.07 Å². The molecule has 0 amide bonds. The lowest BCUT2D eigenvalue weighted by atomic mass is 10.1. The van der Waals surface area contributed by atoms with Gasteiger partial charge in [0.2, 0.25) is 0 Å². The van der Waals surface area contributed by atoms with Gasteiger partial charge in [-0.1, -0.05) is 18.2 Å². The number of alkyl halides is 2. The van der Waals surface area contributed by atoms with Crippen molar-refractivity contribution in [2.24, 2.45) is 7.05 Å². The van der Waals surface area contributed by atoms with E-state index in [0.29, 0.717) is 17.0 Å². The van der Waals surface area contributed by atoms with Crippen LogP contribution in [0.25, 0.3) is 22.7 Å². The lowest BCUT2D eigenvalue weighted by Gasteiger charge is -2.10. The fraction of sp³-hybridized carbons (Fsp3) is 0.158. The maximum atomic E-state index is 12.6. The van der Waals surface area contributed by atoms with E-state index in [1.165, 1.54) is 19.2 Å². The summed E-state index contributed by atoms with van der Waals surface area (Å²) in [7, 11) is 3.18. The maximum absolute atomic E-state index is 12.6. The molecule has 0 atom stereocenters. The minimum absolute atomic E-state index is 0.0986. The van der Waals surface area contributed by atoms with Gasteiger partial charge in [-0.3, -0.25) is 0 Å². The van der Waals surface area contributed by atoms with Gasteiger partial charge in [0.25, 0.3) is 0 Å². The first-order valence-corrected chi connectivity index (χ1v) is 7.70. The number of nitrogens with zero attached hydrogens (tertiary/aromatic N) is 3. The number of aryl methyl sites for hydroxylation is 1. The second-order valence-corrected chi connectivity index (χ2v) is 5.44. The predicted molar refractivity (Wildman–Crippen MR) is 93.8 cm³/mol. The van der Waals surface area contributed by atoms with Gasteiger partial charge in [-0.05, 0) is 35.9 Å². The van der Waals surface area contributed by atoms with Gasteiger partial charge < -0.3 is 14.0 Å². The number of imidazole rings is 1. The molecule has 1 heterocycles. The zero-order chi connectivity index (χ0) is 18.7. The third kappa shape index (κ3) is 3.35. The molecule has 0 saturated heterocycles. The van der Waals surface area contributed by atoms with Gasteiger partial charge in [0, 0.05) is 7.05 Å². The van der Waals surface area contributed by atoms with Crippen LogP contribution in [0.4, 0.5) is 8.78 Å². The van der Waals surface area contributed by atoms with Gasteiger partial charge in [0.05, 0.1) is 23.7 Å². The molecule has 0 aliphatic rings. The molecule has 0 fully saturated rings. The molecule has 7 heteroatoms. The number of para-hydroxylation sites is 2. The van der Waals surface area contributed by atoms with E-state index < -0.39 is 6.61 Å². The van der Waals surface area contributed by atoms with Crippen LogP contribution in [0.5, 0.6) is 11.5 Å². The quantitative estimate of drug-likeness (QED) is 0.642. The largest absolute Gasteiger partial charge is 0.493 e. The van der Waals surface area contributed by atoms with Crippen molar-refractivity contribution in [3.8, 4) is 17.6 Å². The minimum atomic E-state index is -2.97. The van der Waals surface area contributed by atoms with Crippen molar-refractivity contribution in [3.63, 3.8) is 0 Å². The lowest BCUT2D eigenvalue weighted by molar-refractivity contribution is -0.0512. The van der Waals surface area contributed by atoms with Crippen molar-refractivity contribution in [2.75, 3.05) is 7.11 Å². The highest BCUT2D eigenvalue weighted by Gasteiger charge is 2.14. The van der Waals surface area contributed by atoms with Crippen molar-refractivity contribution < 1.29 is 18.3 Å². The Morgan fingerprint density at radius 2 is 2.00 bits per heavy atom. The molecule has 5 nitrogen and oxygen atoms in total. The SMILES string of the molecule is COc1ccc(C=C(C#N)c2nc3ccccc3n2C)cc1OC(F)F. The second kappa shape index (κ2) is 7.23. The molecular weight excluding hydrogens is 340 g/mol. The van der Waals surface area contributed by atoms with Crippen molar-refractivity contribution in [1.82, 2.24) is 9.55 Å². The van der Waals surface area contributed by atoms with E-state index in [4.69, 9.17) is 4.74 Å². The van der Waals surface area contributed by atoms with E-state index in [1.807, 2.05) is 35.9 Å². The summed E-state index contributed by atoms with van der Waals surface area (Å²) in [6.07, 6.45) is 1.57. The number of benzene rings is 2. The molecule has 0 bridgehead atoms. The number of halogens is 2. The number of nitriles is 1. The van der Waals surface area contributed by atoms with Crippen molar-refractivity contribution >= 4 is 22.7 Å². The summed E-state index contributed by atoms with van der Waals surface area (Å²) in [6.45, 7) is -2.97. The van der Waals surface area contributed by atoms with E-state index >= 15 is 0 Å². The van der Waals surface area contributed by atoms with Gasteiger partial charge in [-0.15, -0.1) is 0 Å². The van der Waals surface area contributed by atoms with Crippen LogP contribution in [-0.4, -0.2) is 23.3 Å². The van der Waals surface area contributed by atoms with Gasteiger partial charge in [-0.2, -0.15) is 14.0 Å². The predicted octanol–water partition coefficient (Wildman–Crippen LogP) is 4.25. The highest BCUT2D eigenvalue weighted by atomic mass is 19.3. The Bertz CT molecular complexity index is 1020. The summed E-state index contributed by atoms with van der Waals surface area (Å²) in [4.78, 5) is 4.48. The molecule has 0 N–H and O–H groups in total. The van der Waals surface area contributed by atoms with Crippen LogP contribution < -0.4 is 9.47 Å². The minimum Gasteiger partial charge on any atom is -0.493 e. The summed E-state index contributed by atoms with van der Waals surface area (Å²) in [5, 5.41) is 9.56. The van der Waals surface area contributed by atoms with Crippen LogP contribution in [-0.2, 0) is 7.05 Å². The number of rotatable bonds is 5. The van der Waals surface area contributed by atoms with E-state index in [-0.39, 0.29) is 11.5 Å². The second-order valence-electron chi connectivity index (χ2n) is 5.44. The maximum Gasteiger partial charge on any atom is 0.387 e. The molecular formula is C19H15F2N3O2. The summed E-state index contributed by atoms with van der Waals surface area (Å²) in [5.74, 6) is 0.572. The molecule has 0 unspecified atom stereocenters. The Kier molecular flexibility index (Phi) is 4.85. The highest BCUT2D eigenvalue weighted by molar-refractivity contribution is 5.91. The van der Waals surface area contributed by atoms with E-state index in [9.17, 15) is 14.0 Å². The molecule has 3 aromatic rings. The molecule has 0 spiro atoms. The number of hydrogen-bond donors (Lipinski definition) is 0. The Morgan fingerprint density at radius 3 is 2.65 bits per heavy atom. The Balaban J connectivity index is 2.06. The average molecular weight is 355 g/mol. The van der Waals surface area contributed by atoms with Gasteiger partial charge >= 0.3 is 6.61 Å². The monoisotopic (exact) mass is 355 g/mol. The normalized spacial score (nSPS) is 11.6. The Labute approximate surface area is 148 Å². The smallest absolute Gasteiger partial charge is 0.387 e. The zero-order valence-electron chi connectivity index (χ0n) is 14.1. The molecule has 3 rings (SSSR count). The lowest BCUT2D eigenvalue weighted by Crippen LogP contribution is -2.03.